The number of carbonyl (C=O) groups excluding carboxylic acids is 1. The molecule has 0 aromatic heterocycles. The predicted octanol–water partition coefficient (Wildman–Crippen LogP) is 2.29. The summed E-state index contributed by atoms with van der Waals surface area (Å²) in [5.41, 5.74) is 6.81. The van der Waals surface area contributed by atoms with Gasteiger partial charge in [-0.3, -0.25) is 0 Å². The lowest BCUT2D eigenvalue weighted by molar-refractivity contribution is 0.118. The minimum absolute atomic E-state index is 0.0461. The maximum atomic E-state index is 12.3. The van der Waals surface area contributed by atoms with Gasteiger partial charge in [0.15, 0.2) is 0 Å². The largest absolute Gasteiger partial charge is 0.497 e. The van der Waals surface area contributed by atoms with Crippen molar-refractivity contribution < 1.29 is 9.53 Å². The fourth-order valence-corrected chi connectivity index (χ4v) is 2.42. The number of benzene rings is 1. The first-order valence-electron chi connectivity index (χ1n) is 6.88. The third-order valence-electron chi connectivity index (χ3n) is 3.94. The van der Waals surface area contributed by atoms with Crippen LogP contribution in [-0.2, 0) is 0 Å². The van der Waals surface area contributed by atoms with Crippen molar-refractivity contribution >= 4 is 11.7 Å². The molecule has 1 aliphatic heterocycles. The lowest BCUT2D eigenvalue weighted by atomic mass is 9.80. The fraction of sp³-hybridized carbons (Fsp3) is 0.533. The Bertz CT molecular complexity index is 471. The number of urea groups is 1. The first-order chi connectivity index (χ1) is 9.42. The molecule has 1 fully saturated rings. The van der Waals surface area contributed by atoms with Gasteiger partial charge < -0.3 is 20.7 Å². The first kappa shape index (κ1) is 14.7. The second kappa shape index (κ2) is 5.71. The molecule has 2 amide bonds. The third-order valence-corrected chi connectivity index (χ3v) is 3.94. The van der Waals surface area contributed by atoms with Crippen molar-refractivity contribution in [1.82, 2.24) is 4.90 Å². The topological polar surface area (TPSA) is 67.6 Å². The quantitative estimate of drug-likeness (QED) is 0.871. The molecule has 0 saturated carbocycles. The van der Waals surface area contributed by atoms with Crippen LogP contribution >= 0.6 is 0 Å². The third kappa shape index (κ3) is 3.22. The lowest BCUT2D eigenvalue weighted by Gasteiger charge is -2.42. The Morgan fingerprint density at radius 2 is 2.05 bits per heavy atom. The number of amides is 2. The molecule has 1 heterocycles. The number of anilines is 1. The number of rotatable bonds is 2. The number of nitrogens with zero attached hydrogens (tertiary/aromatic N) is 1. The van der Waals surface area contributed by atoms with Gasteiger partial charge in [0.25, 0.3) is 0 Å². The molecule has 0 spiro atoms. The van der Waals surface area contributed by atoms with E-state index in [1.165, 1.54) is 0 Å². The van der Waals surface area contributed by atoms with E-state index in [1.54, 1.807) is 7.11 Å². The van der Waals surface area contributed by atoms with Crippen molar-refractivity contribution in [3.05, 3.63) is 24.3 Å². The van der Waals surface area contributed by atoms with Crippen molar-refractivity contribution in [2.45, 2.75) is 26.3 Å². The second-order valence-corrected chi connectivity index (χ2v) is 5.96. The van der Waals surface area contributed by atoms with E-state index in [1.807, 2.05) is 29.2 Å². The molecule has 0 radical (unpaired) electrons. The number of likely N-dealkylation sites (tertiary alicyclic amines) is 1. The van der Waals surface area contributed by atoms with E-state index in [9.17, 15) is 4.79 Å². The Morgan fingerprint density at radius 3 is 2.60 bits per heavy atom. The number of nitrogens with one attached hydrogen (secondary N) is 1. The summed E-state index contributed by atoms with van der Waals surface area (Å²) in [4.78, 5) is 14.1. The highest BCUT2D eigenvalue weighted by atomic mass is 16.5. The normalized spacial score (nSPS) is 21.4. The second-order valence-electron chi connectivity index (χ2n) is 5.96. The molecule has 2 rings (SSSR count). The summed E-state index contributed by atoms with van der Waals surface area (Å²) in [5.74, 6) is 0.771. The smallest absolute Gasteiger partial charge is 0.321 e. The van der Waals surface area contributed by atoms with E-state index in [0.717, 1.165) is 17.9 Å². The Morgan fingerprint density at radius 1 is 1.40 bits per heavy atom. The fourth-order valence-electron chi connectivity index (χ4n) is 2.42. The SMILES string of the molecule is COc1ccc(NC(=O)N2CCC(N)C(C)(C)C2)cc1. The van der Waals surface area contributed by atoms with E-state index in [0.29, 0.717) is 13.1 Å². The van der Waals surface area contributed by atoms with Crippen molar-refractivity contribution in [3.63, 3.8) is 0 Å². The minimum Gasteiger partial charge on any atom is -0.497 e. The Kier molecular flexibility index (Phi) is 4.18. The summed E-state index contributed by atoms with van der Waals surface area (Å²) < 4.78 is 5.09. The van der Waals surface area contributed by atoms with Gasteiger partial charge in [0, 0.05) is 24.8 Å². The van der Waals surface area contributed by atoms with Crippen LogP contribution in [0.4, 0.5) is 10.5 Å². The monoisotopic (exact) mass is 277 g/mol. The van der Waals surface area contributed by atoms with Gasteiger partial charge in [0.1, 0.15) is 5.75 Å². The van der Waals surface area contributed by atoms with E-state index >= 15 is 0 Å². The van der Waals surface area contributed by atoms with Crippen LogP contribution in [0.5, 0.6) is 5.75 Å². The number of hydrogen-bond acceptors (Lipinski definition) is 3. The molecule has 1 atom stereocenters. The molecule has 5 heteroatoms. The van der Waals surface area contributed by atoms with Crippen molar-refractivity contribution in [3.8, 4) is 5.75 Å². The zero-order valence-electron chi connectivity index (χ0n) is 12.3. The van der Waals surface area contributed by atoms with E-state index in [2.05, 4.69) is 19.2 Å². The molecular formula is C15H23N3O2. The van der Waals surface area contributed by atoms with Crippen LogP contribution in [-0.4, -0.2) is 37.2 Å². The summed E-state index contributed by atoms with van der Waals surface area (Å²) in [6, 6.07) is 7.38. The lowest BCUT2D eigenvalue weighted by Crippen LogP contribution is -2.54. The average Bonchev–Trinajstić information content (AvgIpc) is 2.42. The van der Waals surface area contributed by atoms with Crippen molar-refractivity contribution in [2.24, 2.45) is 11.1 Å². The molecule has 0 bridgehead atoms. The van der Waals surface area contributed by atoms with Crippen LogP contribution in [0, 0.1) is 5.41 Å². The highest BCUT2D eigenvalue weighted by Gasteiger charge is 2.35. The molecule has 0 aliphatic carbocycles. The average molecular weight is 277 g/mol. The standard InChI is InChI=1S/C15H23N3O2/c1-15(2)10-18(9-8-13(15)16)14(19)17-11-4-6-12(20-3)7-5-11/h4-7,13H,8-10,16H2,1-3H3,(H,17,19). The van der Waals surface area contributed by atoms with E-state index < -0.39 is 0 Å². The minimum atomic E-state index is -0.0739. The Hall–Kier alpha value is -1.75. The maximum Gasteiger partial charge on any atom is 0.321 e. The number of nitrogens with two attached hydrogens (primary N) is 1. The number of methoxy groups -OCH3 is 1. The number of piperidine rings is 1. The zero-order chi connectivity index (χ0) is 14.8. The Labute approximate surface area is 120 Å². The predicted molar refractivity (Wildman–Crippen MR) is 80.0 cm³/mol. The summed E-state index contributed by atoms with van der Waals surface area (Å²) in [5, 5.41) is 2.91. The van der Waals surface area contributed by atoms with Gasteiger partial charge in [0.05, 0.1) is 7.11 Å². The summed E-state index contributed by atoms with van der Waals surface area (Å²) >= 11 is 0. The molecule has 1 aliphatic rings. The molecule has 1 aromatic rings. The number of hydrogen-bond donors (Lipinski definition) is 2. The number of ether oxygens (including phenoxy) is 1. The van der Waals surface area contributed by atoms with Crippen LogP contribution < -0.4 is 15.8 Å². The van der Waals surface area contributed by atoms with Crippen LogP contribution in [0.2, 0.25) is 0 Å². The van der Waals surface area contributed by atoms with Gasteiger partial charge in [-0.1, -0.05) is 13.8 Å². The summed E-state index contributed by atoms with van der Waals surface area (Å²) in [6.07, 6.45) is 0.836. The van der Waals surface area contributed by atoms with Crippen LogP contribution in [0.25, 0.3) is 0 Å². The molecule has 1 aromatic carbocycles. The highest BCUT2D eigenvalue weighted by molar-refractivity contribution is 5.89. The number of carbonyl (C=O) groups is 1. The first-order valence-corrected chi connectivity index (χ1v) is 6.88. The molecule has 110 valence electrons. The van der Waals surface area contributed by atoms with Crippen molar-refractivity contribution in [1.29, 1.82) is 0 Å². The van der Waals surface area contributed by atoms with Crippen LogP contribution in [0.15, 0.2) is 24.3 Å². The van der Waals surface area contributed by atoms with Crippen LogP contribution in [0.3, 0.4) is 0 Å². The molecule has 1 saturated heterocycles. The van der Waals surface area contributed by atoms with E-state index in [-0.39, 0.29) is 17.5 Å². The molecule has 1 unspecified atom stereocenters. The summed E-state index contributed by atoms with van der Waals surface area (Å²) in [6.45, 7) is 5.58. The zero-order valence-corrected chi connectivity index (χ0v) is 12.3. The summed E-state index contributed by atoms with van der Waals surface area (Å²) in [7, 11) is 1.62. The van der Waals surface area contributed by atoms with Crippen LogP contribution in [0.1, 0.15) is 20.3 Å². The van der Waals surface area contributed by atoms with Gasteiger partial charge in [0.2, 0.25) is 0 Å². The Balaban J connectivity index is 1.97. The molecule has 5 nitrogen and oxygen atoms in total. The van der Waals surface area contributed by atoms with E-state index in [4.69, 9.17) is 10.5 Å². The van der Waals surface area contributed by atoms with Gasteiger partial charge in [-0.25, -0.2) is 4.79 Å². The van der Waals surface area contributed by atoms with Crippen molar-refractivity contribution in [2.75, 3.05) is 25.5 Å². The van der Waals surface area contributed by atoms with Gasteiger partial charge in [-0.05, 0) is 36.1 Å². The van der Waals surface area contributed by atoms with Gasteiger partial charge in [-0.15, -0.1) is 0 Å². The highest BCUT2D eigenvalue weighted by Crippen LogP contribution is 2.28. The van der Waals surface area contributed by atoms with Gasteiger partial charge >= 0.3 is 6.03 Å². The maximum absolute atomic E-state index is 12.3. The molecule has 3 N–H and O–H groups in total. The molecule has 20 heavy (non-hydrogen) atoms. The van der Waals surface area contributed by atoms with Gasteiger partial charge in [-0.2, -0.15) is 0 Å². The molecular weight excluding hydrogens is 254 g/mol.